The Morgan fingerprint density at radius 3 is 2.45 bits per heavy atom. The number of methoxy groups -OCH3 is 2. The molecule has 6 heteroatoms. The third-order valence-electron chi connectivity index (χ3n) is 5.53. The van der Waals surface area contributed by atoms with Crippen LogP contribution in [0.2, 0.25) is 0 Å². The number of rotatable bonds is 7. The van der Waals surface area contributed by atoms with Gasteiger partial charge in [0.2, 0.25) is 5.52 Å². The first-order valence-electron chi connectivity index (χ1n) is 10.7. The Morgan fingerprint density at radius 2 is 1.77 bits per heavy atom. The molecule has 0 N–H and O–H groups in total. The molecule has 31 heavy (non-hydrogen) atoms. The number of thioether (sulfide) groups is 1. The maximum atomic E-state index is 5.44. The maximum Gasteiger partial charge on any atom is 0.263 e. The van der Waals surface area contributed by atoms with E-state index in [9.17, 15) is 0 Å². The highest BCUT2D eigenvalue weighted by molar-refractivity contribution is 8.03. The summed E-state index contributed by atoms with van der Waals surface area (Å²) in [4.78, 5) is 3.65. The van der Waals surface area contributed by atoms with Crippen LogP contribution in [0.3, 0.4) is 0 Å². The molecule has 0 radical (unpaired) electrons. The van der Waals surface area contributed by atoms with E-state index in [1.54, 1.807) is 14.2 Å². The summed E-state index contributed by atoms with van der Waals surface area (Å²) in [5.74, 6) is 1.80. The second-order valence-electron chi connectivity index (χ2n) is 7.25. The molecule has 1 aliphatic heterocycles. The Labute approximate surface area is 192 Å². The molecule has 1 aliphatic rings. The zero-order valence-electron chi connectivity index (χ0n) is 18.8. The van der Waals surface area contributed by atoms with E-state index in [4.69, 9.17) is 9.47 Å². The first kappa shape index (κ1) is 21.8. The molecular weight excluding hydrogens is 424 g/mol. The quantitative estimate of drug-likeness (QED) is 0.382. The number of benzene rings is 2. The average Bonchev–Trinajstić information content (AvgIpc) is 3.33. The van der Waals surface area contributed by atoms with Gasteiger partial charge in [0.1, 0.15) is 22.7 Å². The van der Waals surface area contributed by atoms with Crippen molar-refractivity contribution in [1.82, 2.24) is 0 Å². The summed E-state index contributed by atoms with van der Waals surface area (Å²) in [7, 11) is 3.44. The van der Waals surface area contributed by atoms with Crippen LogP contribution in [0.1, 0.15) is 32.2 Å². The lowest BCUT2D eigenvalue weighted by Gasteiger charge is -2.18. The van der Waals surface area contributed by atoms with Crippen LogP contribution in [0.25, 0.3) is 16.3 Å². The molecule has 0 saturated carbocycles. The molecule has 4 nitrogen and oxygen atoms in total. The van der Waals surface area contributed by atoms with Crippen LogP contribution in [0, 0.1) is 0 Å². The summed E-state index contributed by atoms with van der Waals surface area (Å²) in [6, 6.07) is 12.6. The third-order valence-corrected chi connectivity index (χ3v) is 7.76. The number of nitrogens with zero attached hydrogens (tertiary/aromatic N) is 2. The molecule has 0 bridgehead atoms. The normalized spacial score (nSPS) is 15.1. The molecule has 0 spiro atoms. The molecule has 1 aromatic heterocycles. The van der Waals surface area contributed by atoms with E-state index in [-0.39, 0.29) is 0 Å². The topological polar surface area (TPSA) is 25.6 Å². The van der Waals surface area contributed by atoms with E-state index < -0.39 is 0 Å². The summed E-state index contributed by atoms with van der Waals surface area (Å²) in [5.41, 5.74) is 3.78. The van der Waals surface area contributed by atoms with Crippen LogP contribution >= 0.6 is 23.1 Å². The molecule has 3 aromatic rings. The van der Waals surface area contributed by atoms with Gasteiger partial charge in [-0.3, -0.25) is 0 Å². The Bertz CT molecular complexity index is 1160. The molecule has 0 atom stereocenters. The number of ether oxygens (including phenoxy) is 2. The number of aromatic nitrogens is 1. The molecule has 2 aromatic carbocycles. The van der Waals surface area contributed by atoms with Gasteiger partial charge >= 0.3 is 0 Å². The first-order chi connectivity index (χ1) is 15.1. The Balaban J connectivity index is 1.73. The van der Waals surface area contributed by atoms with Crippen molar-refractivity contribution in [2.24, 2.45) is 0 Å². The van der Waals surface area contributed by atoms with Crippen molar-refractivity contribution in [2.45, 2.75) is 38.6 Å². The lowest BCUT2D eigenvalue weighted by molar-refractivity contribution is -0.665. The average molecular weight is 454 g/mol. The number of aryl methyl sites for hydroxylation is 1. The predicted molar refractivity (Wildman–Crippen MR) is 132 cm³/mol. The standard InChI is InChI=1S/C25H29N2O2S2/c1-6-17(13-24-26(7-2)20-15-18(28-4)9-11-22(20)30-24)14-25-27(8-3)21-16-19(29-5)10-12-23(21)31-25/h9-16H,6-8H2,1-5H3/q+1. The van der Waals surface area contributed by atoms with Gasteiger partial charge < -0.3 is 14.4 Å². The molecule has 0 aliphatic carbocycles. The monoisotopic (exact) mass is 453 g/mol. The van der Waals surface area contributed by atoms with Gasteiger partial charge in [-0.05, 0) is 56.2 Å². The van der Waals surface area contributed by atoms with Gasteiger partial charge in [-0.15, -0.1) is 0 Å². The van der Waals surface area contributed by atoms with E-state index in [1.807, 2.05) is 35.2 Å². The van der Waals surface area contributed by atoms with Gasteiger partial charge in [-0.1, -0.05) is 30.0 Å². The molecule has 0 unspecified atom stereocenters. The first-order valence-corrected chi connectivity index (χ1v) is 12.3. The zero-order valence-corrected chi connectivity index (χ0v) is 20.4. The van der Waals surface area contributed by atoms with Crippen LogP contribution in [0.4, 0.5) is 5.69 Å². The highest BCUT2D eigenvalue weighted by Crippen LogP contribution is 2.47. The van der Waals surface area contributed by atoms with E-state index in [0.717, 1.165) is 31.0 Å². The van der Waals surface area contributed by atoms with Crippen molar-refractivity contribution >= 4 is 45.1 Å². The minimum atomic E-state index is 0.898. The SMILES string of the molecule is CCC(=Cc1sc2ccc(OC)cc2[n+]1CC)C=C1Sc2ccc(OC)cc2N1CC. The summed E-state index contributed by atoms with van der Waals surface area (Å²) in [5, 5.41) is 2.54. The smallest absolute Gasteiger partial charge is 0.263 e. The fraction of sp³-hybridized carbons (Fsp3) is 0.320. The van der Waals surface area contributed by atoms with Gasteiger partial charge in [0.05, 0.1) is 31.0 Å². The van der Waals surface area contributed by atoms with Crippen LogP contribution in [-0.4, -0.2) is 20.8 Å². The second-order valence-corrected chi connectivity index (χ2v) is 9.38. The number of hydrogen-bond acceptors (Lipinski definition) is 5. The highest BCUT2D eigenvalue weighted by atomic mass is 32.2. The maximum absolute atomic E-state index is 5.44. The molecule has 4 rings (SSSR count). The van der Waals surface area contributed by atoms with Crippen LogP contribution in [-0.2, 0) is 6.54 Å². The zero-order chi connectivity index (χ0) is 22.0. The summed E-state index contributed by atoms with van der Waals surface area (Å²) in [6.45, 7) is 8.47. The fourth-order valence-corrected chi connectivity index (χ4v) is 6.21. The Hall–Kier alpha value is -2.44. The van der Waals surface area contributed by atoms with Gasteiger partial charge in [0.25, 0.3) is 5.01 Å². The summed E-state index contributed by atoms with van der Waals surface area (Å²) < 4.78 is 14.5. The molecule has 162 valence electrons. The number of hydrogen-bond donors (Lipinski definition) is 0. The molecule has 2 heterocycles. The minimum absolute atomic E-state index is 0.898. The third kappa shape index (κ3) is 4.19. The largest absolute Gasteiger partial charge is 0.497 e. The second kappa shape index (κ2) is 9.37. The number of allylic oxidation sites excluding steroid dienone is 2. The lowest BCUT2D eigenvalue weighted by atomic mass is 10.2. The lowest BCUT2D eigenvalue weighted by Crippen LogP contribution is -2.33. The van der Waals surface area contributed by atoms with E-state index >= 15 is 0 Å². The van der Waals surface area contributed by atoms with Crippen LogP contribution in [0.15, 0.2) is 58.0 Å². The molecular formula is C25H29N2O2S2+. The van der Waals surface area contributed by atoms with Gasteiger partial charge in [-0.2, -0.15) is 4.57 Å². The van der Waals surface area contributed by atoms with E-state index in [0.29, 0.717) is 0 Å². The predicted octanol–water partition coefficient (Wildman–Crippen LogP) is 6.49. The summed E-state index contributed by atoms with van der Waals surface area (Å²) >= 11 is 3.67. The fourth-order valence-electron chi connectivity index (χ4n) is 3.85. The van der Waals surface area contributed by atoms with Crippen molar-refractivity contribution in [3.8, 4) is 11.5 Å². The summed E-state index contributed by atoms with van der Waals surface area (Å²) in [6.07, 6.45) is 5.65. The number of anilines is 1. The Morgan fingerprint density at radius 1 is 1.03 bits per heavy atom. The van der Waals surface area contributed by atoms with Crippen LogP contribution < -0.4 is 18.9 Å². The molecule has 0 fully saturated rings. The number of thiazole rings is 1. The van der Waals surface area contributed by atoms with E-state index in [2.05, 4.69) is 66.7 Å². The van der Waals surface area contributed by atoms with Crippen LogP contribution in [0.5, 0.6) is 11.5 Å². The minimum Gasteiger partial charge on any atom is -0.497 e. The van der Waals surface area contributed by atoms with Crippen molar-refractivity contribution in [2.75, 3.05) is 25.7 Å². The van der Waals surface area contributed by atoms with Gasteiger partial charge in [0.15, 0.2) is 0 Å². The highest BCUT2D eigenvalue weighted by Gasteiger charge is 2.25. The van der Waals surface area contributed by atoms with Crippen molar-refractivity contribution in [1.29, 1.82) is 0 Å². The Kier molecular flexibility index (Phi) is 6.58. The molecule has 0 saturated heterocycles. The van der Waals surface area contributed by atoms with Gasteiger partial charge in [0, 0.05) is 23.6 Å². The van der Waals surface area contributed by atoms with Crippen molar-refractivity contribution in [3.63, 3.8) is 0 Å². The number of fused-ring (bicyclic) bond motifs is 2. The van der Waals surface area contributed by atoms with Crippen molar-refractivity contribution < 1.29 is 14.0 Å². The molecule has 0 amide bonds. The van der Waals surface area contributed by atoms with Gasteiger partial charge in [-0.25, -0.2) is 0 Å². The van der Waals surface area contributed by atoms with E-state index in [1.165, 1.54) is 36.4 Å². The van der Waals surface area contributed by atoms with Crippen molar-refractivity contribution in [3.05, 3.63) is 58.1 Å².